The van der Waals surface area contributed by atoms with Crippen LogP contribution in [-0.2, 0) is 11.3 Å². The van der Waals surface area contributed by atoms with Crippen LogP contribution in [0.3, 0.4) is 0 Å². The van der Waals surface area contributed by atoms with Crippen molar-refractivity contribution in [1.29, 1.82) is 0 Å². The van der Waals surface area contributed by atoms with Crippen molar-refractivity contribution in [3.63, 3.8) is 0 Å². The van der Waals surface area contributed by atoms with Gasteiger partial charge in [0, 0.05) is 29.7 Å². The fourth-order valence-corrected chi connectivity index (χ4v) is 2.71. The van der Waals surface area contributed by atoms with Crippen molar-refractivity contribution >= 4 is 15.9 Å². The zero-order chi connectivity index (χ0) is 13.0. The summed E-state index contributed by atoms with van der Waals surface area (Å²) in [7, 11) is 0. The molecule has 1 saturated heterocycles. The molecule has 1 aliphatic heterocycles. The van der Waals surface area contributed by atoms with Gasteiger partial charge in [-0.1, -0.05) is 22.0 Å². The molecule has 1 aromatic rings. The van der Waals surface area contributed by atoms with Crippen molar-refractivity contribution in [2.24, 2.45) is 0 Å². The third-order valence-corrected chi connectivity index (χ3v) is 3.83. The second-order valence-electron chi connectivity index (χ2n) is 4.57. The summed E-state index contributed by atoms with van der Waals surface area (Å²) < 4.78 is 12.4. The molecule has 100 valence electrons. The third kappa shape index (κ3) is 3.46. The molecular weight excluding hydrogens is 294 g/mol. The molecule has 1 heterocycles. The van der Waals surface area contributed by atoms with Gasteiger partial charge in [-0.3, -0.25) is 4.90 Å². The first-order valence-corrected chi connectivity index (χ1v) is 7.24. The van der Waals surface area contributed by atoms with Gasteiger partial charge in [0.05, 0.1) is 19.3 Å². The molecule has 1 aliphatic rings. The highest BCUT2D eigenvalue weighted by Gasteiger charge is 2.19. The Hall–Kier alpha value is -0.580. The molecule has 1 aromatic carbocycles. The van der Waals surface area contributed by atoms with Crippen LogP contribution in [0, 0.1) is 0 Å². The summed E-state index contributed by atoms with van der Waals surface area (Å²) in [6, 6.07) is 6.12. The number of hydrogen-bond donors (Lipinski definition) is 0. The van der Waals surface area contributed by atoms with Crippen molar-refractivity contribution in [3.8, 4) is 5.75 Å². The zero-order valence-electron chi connectivity index (χ0n) is 11.0. The van der Waals surface area contributed by atoms with E-state index in [1.807, 2.05) is 19.1 Å². The number of ether oxygens (including phenoxy) is 2. The fourth-order valence-electron chi connectivity index (χ4n) is 2.24. The van der Waals surface area contributed by atoms with Crippen molar-refractivity contribution in [2.75, 3.05) is 26.3 Å². The summed E-state index contributed by atoms with van der Waals surface area (Å²) in [4.78, 5) is 2.41. The van der Waals surface area contributed by atoms with E-state index in [2.05, 4.69) is 33.8 Å². The summed E-state index contributed by atoms with van der Waals surface area (Å²) in [6.07, 6.45) is 0.316. The Kier molecular flexibility index (Phi) is 5.03. The van der Waals surface area contributed by atoms with Crippen molar-refractivity contribution in [3.05, 3.63) is 28.2 Å². The maximum absolute atomic E-state index is 5.70. The first-order valence-electron chi connectivity index (χ1n) is 6.45. The topological polar surface area (TPSA) is 21.7 Å². The lowest BCUT2D eigenvalue weighted by Gasteiger charge is -2.31. The second kappa shape index (κ2) is 6.55. The SMILES string of the molecule is CCOc1cccc(Br)c1CN1CCOC(C)C1. The predicted octanol–water partition coefficient (Wildman–Crippen LogP) is 3.07. The molecule has 0 radical (unpaired) electrons. The number of nitrogens with zero attached hydrogens (tertiary/aromatic N) is 1. The molecule has 18 heavy (non-hydrogen) atoms. The Labute approximate surface area is 117 Å². The second-order valence-corrected chi connectivity index (χ2v) is 5.42. The minimum atomic E-state index is 0.316. The molecule has 0 amide bonds. The van der Waals surface area contributed by atoms with Gasteiger partial charge in [0.2, 0.25) is 0 Å². The number of halogens is 1. The number of rotatable bonds is 4. The van der Waals surface area contributed by atoms with Gasteiger partial charge in [-0.2, -0.15) is 0 Å². The van der Waals surface area contributed by atoms with Crippen molar-refractivity contribution in [1.82, 2.24) is 4.90 Å². The fraction of sp³-hybridized carbons (Fsp3) is 0.571. The summed E-state index contributed by atoms with van der Waals surface area (Å²) in [5.41, 5.74) is 1.23. The molecule has 4 heteroatoms. The van der Waals surface area contributed by atoms with Crippen LogP contribution in [0.4, 0.5) is 0 Å². The Morgan fingerprint density at radius 3 is 3.06 bits per heavy atom. The first-order chi connectivity index (χ1) is 8.70. The van der Waals surface area contributed by atoms with Crippen LogP contribution in [0.1, 0.15) is 19.4 Å². The van der Waals surface area contributed by atoms with E-state index in [1.54, 1.807) is 0 Å². The van der Waals surface area contributed by atoms with E-state index in [9.17, 15) is 0 Å². The molecule has 0 bridgehead atoms. The lowest BCUT2D eigenvalue weighted by molar-refractivity contribution is -0.0215. The summed E-state index contributed by atoms with van der Waals surface area (Å²) in [5, 5.41) is 0. The van der Waals surface area contributed by atoms with Gasteiger partial charge in [-0.25, -0.2) is 0 Å². The molecule has 0 saturated carbocycles. The van der Waals surface area contributed by atoms with Gasteiger partial charge in [0.1, 0.15) is 5.75 Å². The zero-order valence-corrected chi connectivity index (χ0v) is 12.6. The Morgan fingerprint density at radius 2 is 2.33 bits per heavy atom. The van der Waals surface area contributed by atoms with Crippen LogP contribution in [0.25, 0.3) is 0 Å². The smallest absolute Gasteiger partial charge is 0.124 e. The Balaban J connectivity index is 2.11. The molecule has 0 aromatic heterocycles. The van der Waals surface area contributed by atoms with Gasteiger partial charge < -0.3 is 9.47 Å². The van der Waals surface area contributed by atoms with E-state index in [4.69, 9.17) is 9.47 Å². The molecule has 1 atom stereocenters. The molecule has 1 unspecified atom stereocenters. The Bertz CT molecular complexity index is 397. The van der Waals surface area contributed by atoms with E-state index < -0.39 is 0 Å². The van der Waals surface area contributed by atoms with E-state index in [0.717, 1.165) is 36.5 Å². The van der Waals surface area contributed by atoms with Gasteiger partial charge >= 0.3 is 0 Å². The monoisotopic (exact) mass is 313 g/mol. The summed E-state index contributed by atoms with van der Waals surface area (Å²) in [6.45, 7) is 8.52. The molecule has 2 rings (SSSR count). The number of morpholine rings is 1. The van der Waals surface area contributed by atoms with E-state index in [0.29, 0.717) is 12.7 Å². The summed E-state index contributed by atoms with van der Waals surface area (Å²) in [5.74, 6) is 0.978. The predicted molar refractivity (Wildman–Crippen MR) is 76.0 cm³/mol. The summed E-state index contributed by atoms with van der Waals surface area (Å²) >= 11 is 3.62. The highest BCUT2D eigenvalue weighted by atomic mass is 79.9. The van der Waals surface area contributed by atoms with E-state index in [1.165, 1.54) is 5.56 Å². The van der Waals surface area contributed by atoms with Crippen molar-refractivity contribution < 1.29 is 9.47 Å². The molecule has 0 spiro atoms. The average molecular weight is 314 g/mol. The van der Waals surface area contributed by atoms with Crippen LogP contribution in [0.2, 0.25) is 0 Å². The lowest BCUT2D eigenvalue weighted by atomic mass is 10.1. The van der Waals surface area contributed by atoms with Crippen LogP contribution in [0.15, 0.2) is 22.7 Å². The van der Waals surface area contributed by atoms with Crippen LogP contribution in [-0.4, -0.2) is 37.3 Å². The first kappa shape index (κ1) is 13.8. The minimum Gasteiger partial charge on any atom is -0.494 e. The highest BCUT2D eigenvalue weighted by molar-refractivity contribution is 9.10. The van der Waals surface area contributed by atoms with E-state index >= 15 is 0 Å². The lowest BCUT2D eigenvalue weighted by Crippen LogP contribution is -2.40. The average Bonchev–Trinajstić information content (AvgIpc) is 2.34. The molecule has 0 N–H and O–H groups in total. The standard InChI is InChI=1S/C14H20BrNO2/c1-3-17-14-6-4-5-13(15)12(14)10-16-7-8-18-11(2)9-16/h4-6,11H,3,7-10H2,1-2H3. The van der Waals surface area contributed by atoms with Crippen LogP contribution < -0.4 is 4.74 Å². The van der Waals surface area contributed by atoms with Gasteiger partial charge in [-0.05, 0) is 26.0 Å². The molecule has 3 nitrogen and oxygen atoms in total. The number of benzene rings is 1. The molecule has 1 fully saturated rings. The largest absolute Gasteiger partial charge is 0.494 e. The van der Waals surface area contributed by atoms with Crippen LogP contribution in [0.5, 0.6) is 5.75 Å². The quantitative estimate of drug-likeness (QED) is 0.852. The van der Waals surface area contributed by atoms with E-state index in [-0.39, 0.29) is 0 Å². The highest BCUT2D eigenvalue weighted by Crippen LogP contribution is 2.28. The van der Waals surface area contributed by atoms with Gasteiger partial charge in [0.25, 0.3) is 0 Å². The van der Waals surface area contributed by atoms with Gasteiger partial charge in [-0.15, -0.1) is 0 Å². The Morgan fingerprint density at radius 1 is 1.50 bits per heavy atom. The molecular formula is C14H20BrNO2. The molecule has 0 aliphatic carbocycles. The normalized spacial score (nSPS) is 20.9. The van der Waals surface area contributed by atoms with Crippen LogP contribution >= 0.6 is 15.9 Å². The van der Waals surface area contributed by atoms with Crippen molar-refractivity contribution in [2.45, 2.75) is 26.5 Å². The number of hydrogen-bond acceptors (Lipinski definition) is 3. The third-order valence-electron chi connectivity index (χ3n) is 3.08. The minimum absolute atomic E-state index is 0.316. The maximum Gasteiger partial charge on any atom is 0.124 e. The van der Waals surface area contributed by atoms with Gasteiger partial charge in [0.15, 0.2) is 0 Å². The maximum atomic E-state index is 5.70.